The molecule has 0 radical (unpaired) electrons. The molecular formula is C17H22N4O2. The Morgan fingerprint density at radius 3 is 2.87 bits per heavy atom. The number of pyridine rings is 1. The van der Waals surface area contributed by atoms with Crippen molar-refractivity contribution >= 4 is 0 Å². The summed E-state index contributed by atoms with van der Waals surface area (Å²) in [5, 5.41) is 14.2. The Bertz CT molecular complexity index is 639. The van der Waals surface area contributed by atoms with E-state index < -0.39 is 0 Å². The number of rotatable bonds is 3. The number of likely N-dealkylation sites (tertiary alicyclic amines) is 1. The van der Waals surface area contributed by atoms with Crippen LogP contribution in [0.4, 0.5) is 0 Å². The highest BCUT2D eigenvalue weighted by atomic mass is 16.5. The van der Waals surface area contributed by atoms with E-state index in [2.05, 4.69) is 20.0 Å². The second kappa shape index (κ2) is 6.37. The molecule has 2 aromatic heterocycles. The van der Waals surface area contributed by atoms with Gasteiger partial charge in [-0.3, -0.25) is 9.88 Å². The molecule has 0 amide bonds. The van der Waals surface area contributed by atoms with Crippen LogP contribution in [0.3, 0.4) is 0 Å². The van der Waals surface area contributed by atoms with Crippen LogP contribution in [0.5, 0.6) is 0 Å². The van der Waals surface area contributed by atoms with Gasteiger partial charge >= 0.3 is 0 Å². The van der Waals surface area contributed by atoms with Gasteiger partial charge < -0.3 is 9.63 Å². The van der Waals surface area contributed by atoms with Crippen molar-refractivity contribution in [3.63, 3.8) is 0 Å². The summed E-state index contributed by atoms with van der Waals surface area (Å²) in [6, 6.07) is 4.34. The van der Waals surface area contributed by atoms with Crippen molar-refractivity contribution in [1.29, 1.82) is 0 Å². The summed E-state index contributed by atoms with van der Waals surface area (Å²) in [6.45, 7) is 0.708. The van der Waals surface area contributed by atoms with Gasteiger partial charge in [0.2, 0.25) is 11.7 Å². The summed E-state index contributed by atoms with van der Waals surface area (Å²) in [6.07, 6.45) is 10.1. The Kier molecular flexibility index (Phi) is 4.10. The molecule has 23 heavy (non-hydrogen) atoms. The fourth-order valence-electron chi connectivity index (χ4n) is 3.88. The first-order valence-corrected chi connectivity index (χ1v) is 8.49. The third-order valence-corrected chi connectivity index (χ3v) is 5.01. The molecule has 0 unspecified atom stereocenters. The van der Waals surface area contributed by atoms with Gasteiger partial charge in [-0.05, 0) is 31.4 Å². The van der Waals surface area contributed by atoms with Crippen molar-refractivity contribution in [2.24, 2.45) is 0 Å². The Morgan fingerprint density at radius 2 is 2.09 bits per heavy atom. The zero-order valence-corrected chi connectivity index (χ0v) is 13.1. The van der Waals surface area contributed by atoms with Crippen LogP contribution < -0.4 is 0 Å². The van der Waals surface area contributed by atoms with E-state index in [9.17, 15) is 5.11 Å². The normalized spacial score (nSPS) is 26.7. The van der Waals surface area contributed by atoms with Crippen LogP contribution in [0.25, 0.3) is 11.4 Å². The molecule has 1 saturated heterocycles. The molecule has 6 nitrogen and oxygen atoms in total. The maximum Gasteiger partial charge on any atom is 0.244 e. The largest absolute Gasteiger partial charge is 0.392 e. The summed E-state index contributed by atoms with van der Waals surface area (Å²) in [5.41, 5.74) is 0.852. The molecule has 0 aromatic carbocycles. The van der Waals surface area contributed by atoms with E-state index >= 15 is 0 Å². The fourth-order valence-corrected chi connectivity index (χ4v) is 3.88. The monoisotopic (exact) mass is 314 g/mol. The van der Waals surface area contributed by atoms with E-state index in [0.29, 0.717) is 30.7 Å². The number of aliphatic hydroxyl groups excluding tert-OH is 1. The lowest BCUT2D eigenvalue weighted by molar-refractivity contribution is 0.110. The molecule has 2 fully saturated rings. The van der Waals surface area contributed by atoms with Crippen molar-refractivity contribution in [3.05, 3.63) is 30.4 Å². The molecule has 4 rings (SSSR count). The predicted molar refractivity (Wildman–Crippen MR) is 84.5 cm³/mol. The van der Waals surface area contributed by atoms with Crippen molar-refractivity contribution in [2.45, 2.75) is 56.7 Å². The number of hydrogen-bond donors (Lipinski definition) is 1. The van der Waals surface area contributed by atoms with E-state index in [-0.39, 0.29) is 12.1 Å². The van der Waals surface area contributed by atoms with Gasteiger partial charge in [-0.15, -0.1) is 0 Å². The van der Waals surface area contributed by atoms with Crippen LogP contribution in [0, 0.1) is 0 Å². The topological polar surface area (TPSA) is 75.3 Å². The minimum absolute atomic E-state index is 0.0334. The molecule has 0 bridgehead atoms. The number of β-amino-alcohol motifs (C(OH)–C–C–N with tert-alkyl or cyclic N) is 1. The highest BCUT2D eigenvalue weighted by Crippen LogP contribution is 2.37. The molecule has 3 heterocycles. The van der Waals surface area contributed by atoms with Crippen LogP contribution in [0.15, 0.2) is 29.0 Å². The average Bonchev–Trinajstić information content (AvgIpc) is 3.23. The molecule has 2 aliphatic rings. The van der Waals surface area contributed by atoms with Crippen molar-refractivity contribution in [1.82, 2.24) is 20.0 Å². The van der Waals surface area contributed by atoms with E-state index in [1.54, 1.807) is 12.4 Å². The molecule has 1 saturated carbocycles. The molecule has 0 spiro atoms. The third-order valence-electron chi connectivity index (χ3n) is 5.01. The third kappa shape index (κ3) is 3.01. The zero-order valence-electron chi connectivity index (χ0n) is 13.1. The van der Waals surface area contributed by atoms with Crippen LogP contribution >= 0.6 is 0 Å². The number of hydrogen-bond acceptors (Lipinski definition) is 6. The summed E-state index contributed by atoms with van der Waals surface area (Å²) in [4.78, 5) is 11.0. The van der Waals surface area contributed by atoms with Crippen molar-refractivity contribution in [2.75, 3.05) is 6.54 Å². The van der Waals surface area contributed by atoms with Gasteiger partial charge in [0.1, 0.15) is 0 Å². The molecule has 6 heteroatoms. The molecule has 1 N–H and O–H groups in total. The minimum atomic E-state index is -0.310. The lowest BCUT2D eigenvalue weighted by Gasteiger charge is -2.33. The summed E-state index contributed by atoms with van der Waals surface area (Å²) in [7, 11) is 0. The summed E-state index contributed by atoms with van der Waals surface area (Å²) >= 11 is 0. The summed E-state index contributed by atoms with van der Waals surface area (Å²) < 4.78 is 5.53. The fraction of sp³-hybridized carbons (Fsp3) is 0.588. The average molecular weight is 314 g/mol. The van der Waals surface area contributed by atoms with Crippen molar-refractivity contribution in [3.8, 4) is 11.4 Å². The highest BCUT2D eigenvalue weighted by molar-refractivity contribution is 5.51. The Morgan fingerprint density at radius 1 is 1.22 bits per heavy atom. The van der Waals surface area contributed by atoms with Gasteiger partial charge in [0.05, 0.1) is 12.1 Å². The molecule has 2 atom stereocenters. The van der Waals surface area contributed by atoms with Crippen LogP contribution in [0.2, 0.25) is 0 Å². The Hall–Kier alpha value is -1.79. The van der Waals surface area contributed by atoms with Crippen molar-refractivity contribution < 1.29 is 9.63 Å². The number of aliphatic hydroxyl groups is 1. The molecule has 1 aliphatic carbocycles. The molecule has 122 valence electrons. The van der Waals surface area contributed by atoms with Crippen LogP contribution in [-0.2, 0) is 0 Å². The van der Waals surface area contributed by atoms with Gasteiger partial charge in [0.15, 0.2) is 0 Å². The van der Waals surface area contributed by atoms with Crippen LogP contribution in [-0.4, -0.2) is 43.8 Å². The predicted octanol–water partition coefficient (Wildman–Crippen LogP) is 2.57. The van der Waals surface area contributed by atoms with Gasteiger partial charge in [-0.25, -0.2) is 0 Å². The summed E-state index contributed by atoms with van der Waals surface area (Å²) in [5.74, 6) is 1.18. The van der Waals surface area contributed by atoms with Gasteiger partial charge in [-0.2, -0.15) is 4.98 Å². The maximum absolute atomic E-state index is 10.1. The smallest absolute Gasteiger partial charge is 0.244 e. The zero-order chi connectivity index (χ0) is 15.6. The van der Waals surface area contributed by atoms with E-state index in [0.717, 1.165) is 5.56 Å². The van der Waals surface area contributed by atoms with E-state index in [4.69, 9.17) is 4.52 Å². The first-order chi connectivity index (χ1) is 11.3. The van der Waals surface area contributed by atoms with E-state index in [1.807, 2.05) is 12.1 Å². The van der Waals surface area contributed by atoms with Gasteiger partial charge in [0.25, 0.3) is 0 Å². The minimum Gasteiger partial charge on any atom is -0.392 e. The lowest BCUT2D eigenvalue weighted by Crippen LogP contribution is -2.37. The van der Waals surface area contributed by atoms with Crippen LogP contribution in [0.1, 0.15) is 50.5 Å². The molecule has 1 aliphatic heterocycles. The van der Waals surface area contributed by atoms with Gasteiger partial charge in [-0.1, -0.05) is 24.4 Å². The van der Waals surface area contributed by atoms with Gasteiger partial charge in [0, 0.05) is 30.5 Å². The van der Waals surface area contributed by atoms with E-state index in [1.165, 1.54) is 32.1 Å². The SMILES string of the molecule is O[C@@H]1C[C@@H](c2nc(-c3cccnc3)no2)N(C2CCCCC2)C1. The lowest BCUT2D eigenvalue weighted by atomic mass is 9.94. The second-order valence-corrected chi connectivity index (χ2v) is 6.59. The molecule has 2 aromatic rings. The second-order valence-electron chi connectivity index (χ2n) is 6.59. The Balaban J connectivity index is 1.57. The first-order valence-electron chi connectivity index (χ1n) is 8.49. The highest BCUT2D eigenvalue weighted by Gasteiger charge is 2.39. The quantitative estimate of drug-likeness (QED) is 0.938. The number of aromatic nitrogens is 3. The standard InChI is InChI=1S/C17H22N4O2/c22-14-9-15(21(11-14)13-6-2-1-3-7-13)17-19-16(20-23-17)12-5-4-8-18-10-12/h4-5,8,10,13-15,22H,1-3,6-7,9,11H2/t14-,15+/m1/s1. The number of nitrogens with zero attached hydrogens (tertiary/aromatic N) is 4. The maximum atomic E-state index is 10.1. The molecular weight excluding hydrogens is 292 g/mol. The Labute approximate surface area is 135 Å². The first kappa shape index (κ1) is 14.8.